The summed E-state index contributed by atoms with van der Waals surface area (Å²) in [6.07, 6.45) is -3.81. The van der Waals surface area contributed by atoms with Crippen molar-refractivity contribution in [3.05, 3.63) is 30.1 Å². The van der Waals surface area contributed by atoms with E-state index >= 15 is 0 Å². The van der Waals surface area contributed by atoms with E-state index in [-0.39, 0.29) is 41.9 Å². The Balaban J connectivity index is 0.00000364. The van der Waals surface area contributed by atoms with Crippen LogP contribution in [0.3, 0.4) is 0 Å². The average Bonchev–Trinajstić information content (AvgIpc) is 2.96. The van der Waals surface area contributed by atoms with Crippen LogP contribution < -0.4 is 15.4 Å². The summed E-state index contributed by atoms with van der Waals surface area (Å²) in [5.74, 6) is 0.559. The topological polar surface area (TPSA) is 48.9 Å². The molecule has 1 aromatic rings. The Morgan fingerprint density at radius 3 is 2.78 bits per heavy atom. The lowest BCUT2D eigenvalue weighted by Gasteiger charge is -2.21. The molecule has 10 heteroatoms. The van der Waals surface area contributed by atoms with Crippen molar-refractivity contribution < 1.29 is 22.3 Å². The largest absolute Gasteiger partial charge is 0.489 e. The number of likely N-dealkylation sites (tertiary alicyclic amines) is 1. The van der Waals surface area contributed by atoms with Crippen LogP contribution in [0.1, 0.15) is 13.3 Å². The van der Waals surface area contributed by atoms with Gasteiger partial charge in [0.1, 0.15) is 17.7 Å². The molecule has 0 aromatic heterocycles. The highest BCUT2D eigenvalue weighted by Gasteiger charge is 2.34. The van der Waals surface area contributed by atoms with E-state index in [1.54, 1.807) is 19.2 Å². The van der Waals surface area contributed by atoms with E-state index in [9.17, 15) is 17.6 Å². The molecule has 2 atom stereocenters. The predicted molar refractivity (Wildman–Crippen MR) is 107 cm³/mol. The van der Waals surface area contributed by atoms with Crippen molar-refractivity contribution in [2.24, 2.45) is 4.99 Å². The van der Waals surface area contributed by atoms with Crippen molar-refractivity contribution >= 4 is 29.9 Å². The highest BCUT2D eigenvalue weighted by Crippen LogP contribution is 2.20. The fourth-order valence-corrected chi connectivity index (χ4v) is 2.79. The second-order valence-electron chi connectivity index (χ2n) is 6.32. The molecule has 154 valence electrons. The molecule has 27 heavy (non-hydrogen) atoms. The van der Waals surface area contributed by atoms with Gasteiger partial charge in [0.15, 0.2) is 5.96 Å². The van der Waals surface area contributed by atoms with Crippen LogP contribution >= 0.6 is 24.0 Å². The number of hydrogen-bond donors (Lipinski definition) is 2. The van der Waals surface area contributed by atoms with Crippen LogP contribution in [0, 0.1) is 5.82 Å². The molecule has 0 saturated carbocycles. The number of benzene rings is 1. The minimum atomic E-state index is -4.18. The maximum Gasteiger partial charge on any atom is 0.401 e. The first-order valence-corrected chi connectivity index (χ1v) is 8.43. The first-order valence-electron chi connectivity index (χ1n) is 8.43. The maximum atomic E-state index is 13.1. The molecule has 2 rings (SSSR count). The van der Waals surface area contributed by atoms with Crippen molar-refractivity contribution in [2.45, 2.75) is 31.7 Å². The van der Waals surface area contributed by atoms with Crippen LogP contribution in [0.5, 0.6) is 5.75 Å². The van der Waals surface area contributed by atoms with Gasteiger partial charge in [-0.1, -0.05) is 6.07 Å². The van der Waals surface area contributed by atoms with Crippen molar-refractivity contribution in [1.29, 1.82) is 0 Å². The highest BCUT2D eigenvalue weighted by atomic mass is 127. The monoisotopic (exact) mass is 504 g/mol. The second kappa shape index (κ2) is 10.9. The van der Waals surface area contributed by atoms with Gasteiger partial charge in [-0.25, -0.2) is 4.39 Å². The number of rotatable bonds is 6. The first-order chi connectivity index (χ1) is 12.2. The van der Waals surface area contributed by atoms with E-state index in [1.165, 1.54) is 17.0 Å². The van der Waals surface area contributed by atoms with E-state index in [2.05, 4.69) is 15.6 Å². The summed E-state index contributed by atoms with van der Waals surface area (Å²) in [4.78, 5) is 5.46. The minimum absolute atomic E-state index is 0. The summed E-state index contributed by atoms with van der Waals surface area (Å²) in [6, 6.07) is 5.78. The Morgan fingerprint density at radius 2 is 2.15 bits per heavy atom. The van der Waals surface area contributed by atoms with E-state index in [0.717, 1.165) is 0 Å². The van der Waals surface area contributed by atoms with Crippen LogP contribution in [0.25, 0.3) is 0 Å². The van der Waals surface area contributed by atoms with Crippen molar-refractivity contribution in [2.75, 3.05) is 33.2 Å². The minimum Gasteiger partial charge on any atom is -0.489 e. The van der Waals surface area contributed by atoms with Gasteiger partial charge in [-0.2, -0.15) is 13.2 Å². The van der Waals surface area contributed by atoms with Crippen LogP contribution in [0.15, 0.2) is 29.3 Å². The molecule has 1 aliphatic rings. The Hall–Kier alpha value is -1.30. The lowest BCUT2D eigenvalue weighted by molar-refractivity contribution is -0.143. The van der Waals surface area contributed by atoms with E-state index in [4.69, 9.17) is 4.74 Å². The Morgan fingerprint density at radius 1 is 1.41 bits per heavy atom. The lowest BCUT2D eigenvalue weighted by Crippen LogP contribution is -2.47. The van der Waals surface area contributed by atoms with Crippen LogP contribution in [0.4, 0.5) is 17.6 Å². The molecule has 0 aliphatic carbocycles. The summed E-state index contributed by atoms with van der Waals surface area (Å²) >= 11 is 0. The molecular weight excluding hydrogens is 479 g/mol. The van der Waals surface area contributed by atoms with Crippen molar-refractivity contribution in [1.82, 2.24) is 15.5 Å². The molecule has 1 heterocycles. The molecule has 1 fully saturated rings. The lowest BCUT2D eigenvalue weighted by atomic mass is 10.3. The third-order valence-electron chi connectivity index (χ3n) is 3.93. The van der Waals surface area contributed by atoms with Gasteiger partial charge in [0, 0.05) is 32.2 Å². The third-order valence-corrected chi connectivity index (χ3v) is 3.93. The molecule has 1 aromatic carbocycles. The summed E-state index contributed by atoms with van der Waals surface area (Å²) in [5.41, 5.74) is 0. The highest BCUT2D eigenvalue weighted by molar-refractivity contribution is 14.0. The average molecular weight is 504 g/mol. The van der Waals surface area contributed by atoms with Gasteiger partial charge < -0.3 is 15.4 Å². The summed E-state index contributed by atoms with van der Waals surface area (Å²) < 4.78 is 56.1. The number of alkyl halides is 3. The number of hydrogen-bond acceptors (Lipinski definition) is 3. The van der Waals surface area contributed by atoms with E-state index < -0.39 is 12.7 Å². The van der Waals surface area contributed by atoms with Gasteiger partial charge in [0.25, 0.3) is 0 Å². The number of nitrogens with zero attached hydrogens (tertiary/aromatic N) is 2. The fraction of sp³-hybridized carbons (Fsp3) is 0.588. The predicted octanol–water partition coefficient (Wildman–Crippen LogP) is 3.01. The van der Waals surface area contributed by atoms with E-state index in [0.29, 0.717) is 37.8 Å². The standard InChI is InChI=1S/C17H24F4N4O.HI/c1-12(26-15-5-3-4-13(18)8-15)9-23-16(22-2)24-14-6-7-25(10-14)11-17(19,20)21;/h3-5,8,12,14H,6-7,9-11H2,1-2H3,(H2,22,23,24);1H. The molecule has 2 unspecified atom stereocenters. The zero-order valence-electron chi connectivity index (χ0n) is 15.2. The molecule has 0 amide bonds. The first kappa shape index (κ1) is 23.7. The van der Waals surface area contributed by atoms with Gasteiger partial charge in [-0.3, -0.25) is 9.89 Å². The number of ether oxygens (including phenoxy) is 1. The quantitative estimate of drug-likeness (QED) is 0.271. The van der Waals surface area contributed by atoms with Crippen LogP contribution in [-0.2, 0) is 0 Å². The number of guanidine groups is 1. The number of halogens is 5. The number of nitrogens with one attached hydrogen (secondary N) is 2. The third kappa shape index (κ3) is 8.96. The molecule has 2 N–H and O–H groups in total. The molecule has 0 bridgehead atoms. The maximum absolute atomic E-state index is 13.1. The van der Waals surface area contributed by atoms with E-state index in [1.807, 2.05) is 6.92 Å². The Bertz CT molecular complexity index is 615. The van der Waals surface area contributed by atoms with Crippen LogP contribution in [-0.4, -0.2) is 62.4 Å². The molecule has 1 aliphatic heterocycles. The summed E-state index contributed by atoms with van der Waals surface area (Å²) in [5, 5.41) is 6.20. The summed E-state index contributed by atoms with van der Waals surface area (Å²) in [6.45, 7) is 2.06. The van der Waals surface area contributed by atoms with Crippen LogP contribution in [0.2, 0.25) is 0 Å². The Labute approximate surface area is 173 Å². The van der Waals surface area contributed by atoms with Crippen molar-refractivity contribution in [3.8, 4) is 5.75 Å². The SMILES string of the molecule is CN=C(NCC(C)Oc1cccc(F)c1)NC1CCN(CC(F)(F)F)C1.I. The molecular formula is C17H25F4IN4O. The van der Waals surface area contributed by atoms with Gasteiger partial charge >= 0.3 is 6.18 Å². The zero-order valence-corrected chi connectivity index (χ0v) is 17.6. The zero-order chi connectivity index (χ0) is 19.2. The fourth-order valence-electron chi connectivity index (χ4n) is 2.79. The van der Waals surface area contributed by atoms with Gasteiger partial charge in [0.2, 0.25) is 0 Å². The van der Waals surface area contributed by atoms with Gasteiger partial charge in [0.05, 0.1) is 13.1 Å². The number of aliphatic imine (C=N–C) groups is 1. The molecule has 0 radical (unpaired) electrons. The molecule has 1 saturated heterocycles. The van der Waals surface area contributed by atoms with Gasteiger partial charge in [-0.05, 0) is 25.5 Å². The smallest absolute Gasteiger partial charge is 0.401 e. The van der Waals surface area contributed by atoms with Gasteiger partial charge in [-0.15, -0.1) is 24.0 Å². The summed E-state index contributed by atoms with van der Waals surface area (Å²) in [7, 11) is 1.59. The molecule has 0 spiro atoms. The van der Waals surface area contributed by atoms with Crippen molar-refractivity contribution in [3.63, 3.8) is 0 Å². The molecule has 5 nitrogen and oxygen atoms in total. The Kier molecular flexibility index (Phi) is 9.57. The second-order valence-corrected chi connectivity index (χ2v) is 6.32. The normalized spacial score (nSPS) is 19.3.